The van der Waals surface area contributed by atoms with E-state index in [4.69, 9.17) is 25.4 Å². The summed E-state index contributed by atoms with van der Waals surface area (Å²) in [4.78, 5) is 22.4. The van der Waals surface area contributed by atoms with Crippen molar-refractivity contribution in [2.75, 3.05) is 13.2 Å². The lowest BCUT2D eigenvalue weighted by Crippen LogP contribution is -2.50. The molecule has 0 spiro atoms. The van der Waals surface area contributed by atoms with Gasteiger partial charge in [0.25, 0.3) is 0 Å². The Labute approximate surface area is 97.9 Å². The fraction of sp³-hybridized carbons (Fsp3) is 0.778. The number of carboxylic acid groups (broad SMARTS) is 2. The zero-order valence-electron chi connectivity index (χ0n) is 9.62. The second-order valence-electron chi connectivity index (χ2n) is 4.16. The Hall–Kier alpha value is -1.38. The normalized spacial score (nSPS) is 24.3. The van der Waals surface area contributed by atoms with Crippen molar-refractivity contribution in [3.63, 3.8) is 0 Å². The molecule has 0 aromatic carbocycles. The number of carbonyl (C=O) groups is 2. The van der Waals surface area contributed by atoms with Crippen LogP contribution in [0.3, 0.4) is 0 Å². The van der Waals surface area contributed by atoms with Crippen LogP contribution < -0.4 is 5.73 Å². The molecule has 2 atom stereocenters. The molecular weight excluding hydrogens is 232 g/mol. The zero-order chi connectivity index (χ0) is 13.2. The van der Waals surface area contributed by atoms with E-state index in [1.54, 1.807) is 13.8 Å². The molecule has 0 aliphatic carbocycles. The number of ether oxygens (including phenoxy) is 2. The molecule has 1 amide bonds. The monoisotopic (exact) mass is 248 g/mol. The summed E-state index contributed by atoms with van der Waals surface area (Å²) >= 11 is 0. The molecular formula is C9H16N2O6. The number of nitrogens with zero attached hydrogens (tertiary/aromatic N) is 1. The molecule has 1 unspecified atom stereocenters. The fourth-order valence-electron chi connectivity index (χ4n) is 1.43. The van der Waals surface area contributed by atoms with E-state index in [9.17, 15) is 9.59 Å². The summed E-state index contributed by atoms with van der Waals surface area (Å²) in [7, 11) is 0. The molecule has 1 rings (SSSR count). The highest BCUT2D eigenvalue weighted by Crippen LogP contribution is 2.24. The minimum Gasteiger partial charge on any atom is -0.480 e. The largest absolute Gasteiger partial charge is 0.480 e. The molecule has 1 fully saturated rings. The van der Waals surface area contributed by atoms with Crippen molar-refractivity contribution in [1.82, 2.24) is 4.90 Å². The number of carboxylic acids is 1. The highest BCUT2D eigenvalue weighted by Gasteiger charge is 2.39. The van der Waals surface area contributed by atoms with E-state index in [0.717, 1.165) is 4.90 Å². The molecule has 1 aliphatic rings. The summed E-state index contributed by atoms with van der Waals surface area (Å²) in [5, 5.41) is 17.6. The Morgan fingerprint density at radius 1 is 1.53 bits per heavy atom. The predicted molar refractivity (Wildman–Crippen MR) is 55.2 cm³/mol. The Balaban J connectivity index is 2.68. The van der Waals surface area contributed by atoms with Crippen LogP contribution in [0.2, 0.25) is 0 Å². The molecule has 8 heteroatoms. The van der Waals surface area contributed by atoms with Gasteiger partial charge in [-0.2, -0.15) is 0 Å². The molecule has 1 aliphatic heterocycles. The second-order valence-corrected chi connectivity index (χ2v) is 4.16. The van der Waals surface area contributed by atoms with E-state index >= 15 is 0 Å². The van der Waals surface area contributed by atoms with Crippen LogP contribution in [0.15, 0.2) is 0 Å². The topological polar surface area (TPSA) is 122 Å². The average molecular weight is 248 g/mol. The van der Waals surface area contributed by atoms with Crippen LogP contribution in [0, 0.1) is 0 Å². The van der Waals surface area contributed by atoms with Crippen molar-refractivity contribution in [3.05, 3.63) is 0 Å². The molecule has 0 saturated carbocycles. The summed E-state index contributed by atoms with van der Waals surface area (Å²) < 4.78 is 10.5. The van der Waals surface area contributed by atoms with Gasteiger partial charge in [0.2, 0.25) is 0 Å². The van der Waals surface area contributed by atoms with Crippen LogP contribution in [0.4, 0.5) is 4.79 Å². The van der Waals surface area contributed by atoms with Crippen molar-refractivity contribution in [3.8, 4) is 0 Å². The molecule has 1 heterocycles. The standard InChI is InChI=1S/C9H16N2O6/c1-9(2)16-4-6(17-9)11(8(14)15)3-5(10)7(12)13/h5-6H,3-4,10H2,1-2H3,(H,12,13)(H,14,15)/t5-,6?/m0/s1. The maximum Gasteiger partial charge on any atom is 0.409 e. The molecule has 0 aromatic heterocycles. The number of nitrogens with two attached hydrogens (primary N) is 1. The Kier molecular flexibility index (Phi) is 3.91. The van der Waals surface area contributed by atoms with E-state index < -0.39 is 30.1 Å². The van der Waals surface area contributed by atoms with E-state index in [1.807, 2.05) is 0 Å². The van der Waals surface area contributed by atoms with E-state index in [1.165, 1.54) is 0 Å². The van der Waals surface area contributed by atoms with Gasteiger partial charge in [-0.05, 0) is 13.8 Å². The molecule has 1 saturated heterocycles. The van der Waals surface area contributed by atoms with Gasteiger partial charge < -0.3 is 25.4 Å². The molecule has 17 heavy (non-hydrogen) atoms. The van der Waals surface area contributed by atoms with Gasteiger partial charge in [-0.15, -0.1) is 0 Å². The second kappa shape index (κ2) is 4.86. The van der Waals surface area contributed by atoms with Crippen LogP contribution >= 0.6 is 0 Å². The summed E-state index contributed by atoms with van der Waals surface area (Å²) in [6, 6.07) is -1.29. The van der Waals surface area contributed by atoms with Gasteiger partial charge in [-0.1, -0.05) is 0 Å². The van der Waals surface area contributed by atoms with Gasteiger partial charge in [0.15, 0.2) is 12.0 Å². The summed E-state index contributed by atoms with van der Waals surface area (Å²) in [5.41, 5.74) is 5.29. The van der Waals surface area contributed by atoms with Crippen LogP contribution in [0.5, 0.6) is 0 Å². The summed E-state index contributed by atoms with van der Waals surface area (Å²) in [6.45, 7) is 2.98. The minimum absolute atomic E-state index is 0.0473. The number of aliphatic carboxylic acids is 1. The quantitative estimate of drug-likeness (QED) is 0.612. The number of hydrogen-bond donors (Lipinski definition) is 3. The maximum atomic E-state index is 11.0. The minimum atomic E-state index is -1.30. The van der Waals surface area contributed by atoms with Crippen molar-refractivity contribution < 1.29 is 29.3 Å². The first-order chi connectivity index (χ1) is 7.73. The van der Waals surface area contributed by atoms with Crippen molar-refractivity contribution in [1.29, 1.82) is 0 Å². The van der Waals surface area contributed by atoms with E-state index in [0.29, 0.717) is 0 Å². The number of amides is 1. The zero-order valence-corrected chi connectivity index (χ0v) is 9.62. The molecule has 0 bridgehead atoms. The van der Waals surface area contributed by atoms with Crippen LogP contribution in [-0.4, -0.2) is 58.4 Å². The smallest absolute Gasteiger partial charge is 0.409 e. The van der Waals surface area contributed by atoms with Gasteiger partial charge in [0.1, 0.15) is 6.04 Å². The first-order valence-electron chi connectivity index (χ1n) is 5.02. The highest BCUT2D eigenvalue weighted by atomic mass is 16.8. The van der Waals surface area contributed by atoms with Gasteiger partial charge in [0, 0.05) is 0 Å². The maximum absolute atomic E-state index is 11.0. The highest BCUT2D eigenvalue weighted by molar-refractivity contribution is 5.74. The van der Waals surface area contributed by atoms with E-state index in [2.05, 4.69) is 0 Å². The Morgan fingerprint density at radius 3 is 2.47 bits per heavy atom. The van der Waals surface area contributed by atoms with E-state index in [-0.39, 0.29) is 13.2 Å². The summed E-state index contributed by atoms with van der Waals surface area (Å²) in [5.74, 6) is -2.15. The lowest BCUT2D eigenvalue weighted by molar-refractivity contribution is -0.156. The van der Waals surface area contributed by atoms with Gasteiger partial charge in [0.05, 0.1) is 13.2 Å². The molecule has 98 valence electrons. The third-order valence-electron chi connectivity index (χ3n) is 2.30. The fourth-order valence-corrected chi connectivity index (χ4v) is 1.43. The SMILES string of the molecule is CC1(C)OCC(N(C[C@H](N)C(=O)O)C(=O)O)O1. The van der Waals surface area contributed by atoms with Crippen molar-refractivity contribution >= 4 is 12.1 Å². The molecule has 4 N–H and O–H groups in total. The van der Waals surface area contributed by atoms with Crippen LogP contribution in [-0.2, 0) is 14.3 Å². The van der Waals surface area contributed by atoms with Gasteiger partial charge in [-0.3, -0.25) is 9.69 Å². The summed E-state index contributed by atoms with van der Waals surface area (Å²) in [6.07, 6.45) is -2.14. The van der Waals surface area contributed by atoms with Gasteiger partial charge in [-0.25, -0.2) is 4.79 Å². The Morgan fingerprint density at radius 2 is 2.12 bits per heavy atom. The first kappa shape index (κ1) is 13.7. The van der Waals surface area contributed by atoms with Crippen LogP contribution in [0.1, 0.15) is 13.8 Å². The predicted octanol–water partition coefficient (Wildman–Crippen LogP) is -0.513. The van der Waals surface area contributed by atoms with Crippen LogP contribution in [0.25, 0.3) is 0 Å². The molecule has 8 nitrogen and oxygen atoms in total. The van der Waals surface area contributed by atoms with Gasteiger partial charge >= 0.3 is 12.1 Å². The lowest BCUT2D eigenvalue weighted by atomic mass is 10.3. The number of hydrogen-bond acceptors (Lipinski definition) is 5. The first-order valence-corrected chi connectivity index (χ1v) is 5.02. The average Bonchev–Trinajstić information content (AvgIpc) is 2.53. The molecule has 0 radical (unpaired) electrons. The van der Waals surface area contributed by atoms with Crippen molar-refractivity contribution in [2.45, 2.75) is 31.9 Å². The molecule has 0 aromatic rings. The third-order valence-corrected chi connectivity index (χ3v) is 2.30. The third kappa shape index (κ3) is 3.55. The lowest BCUT2D eigenvalue weighted by Gasteiger charge is -2.27. The van der Waals surface area contributed by atoms with Crippen molar-refractivity contribution in [2.24, 2.45) is 5.73 Å². The number of rotatable bonds is 4. The Bertz CT molecular complexity index is 319.